The molecule has 1 fully saturated rings. The Morgan fingerprint density at radius 3 is 2.38 bits per heavy atom. The van der Waals surface area contributed by atoms with Crippen LogP contribution in [0.4, 0.5) is 0 Å². The van der Waals surface area contributed by atoms with Crippen molar-refractivity contribution in [3.8, 4) is 0 Å². The molecule has 72 valence electrons. The molecule has 2 bridgehead atoms. The van der Waals surface area contributed by atoms with Gasteiger partial charge in [0.1, 0.15) is 0 Å². The first-order valence-corrected chi connectivity index (χ1v) is 5.48. The van der Waals surface area contributed by atoms with E-state index in [0.717, 1.165) is 17.8 Å². The topological polar surface area (TPSA) is 0 Å². The van der Waals surface area contributed by atoms with Gasteiger partial charge in [-0.1, -0.05) is 23.3 Å². The fourth-order valence-corrected chi connectivity index (χ4v) is 2.73. The highest BCUT2D eigenvalue weighted by molar-refractivity contribution is 5.15. The van der Waals surface area contributed by atoms with Crippen molar-refractivity contribution in [2.45, 2.75) is 40.0 Å². The van der Waals surface area contributed by atoms with Crippen molar-refractivity contribution in [1.82, 2.24) is 0 Å². The number of rotatable bonds is 2. The van der Waals surface area contributed by atoms with Gasteiger partial charge in [-0.15, -0.1) is 0 Å². The molecule has 13 heavy (non-hydrogen) atoms. The minimum atomic E-state index is 0.916. The first-order valence-electron chi connectivity index (χ1n) is 5.48. The van der Waals surface area contributed by atoms with Gasteiger partial charge in [0.2, 0.25) is 0 Å². The molecule has 2 aliphatic carbocycles. The molecule has 2 aliphatic rings. The molecule has 0 aromatic heterocycles. The van der Waals surface area contributed by atoms with E-state index in [2.05, 4.69) is 32.9 Å². The lowest BCUT2D eigenvalue weighted by atomic mass is 9.87. The van der Waals surface area contributed by atoms with Crippen molar-refractivity contribution in [2.24, 2.45) is 17.8 Å². The van der Waals surface area contributed by atoms with Gasteiger partial charge in [-0.3, -0.25) is 0 Å². The molecule has 0 aliphatic heterocycles. The van der Waals surface area contributed by atoms with Crippen LogP contribution in [0, 0.1) is 17.8 Å². The molecule has 0 saturated heterocycles. The second-order valence-corrected chi connectivity index (χ2v) is 5.02. The highest BCUT2D eigenvalue weighted by atomic mass is 14.4. The third kappa shape index (κ3) is 1.72. The summed E-state index contributed by atoms with van der Waals surface area (Å²) in [5.74, 6) is 2.81. The Labute approximate surface area is 81.7 Å². The van der Waals surface area contributed by atoms with Crippen molar-refractivity contribution in [1.29, 1.82) is 0 Å². The summed E-state index contributed by atoms with van der Waals surface area (Å²) in [6.45, 7) is 6.77. The molecule has 0 aromatic carbocycles. The molecule has 0 heterocycles. The second kappa shape index (κ2) is 3.32. The monoisotopic (exact) mass is 176 g/mol. The average molecular weight is 176 g/mol. The van der Waals surface area contributed by atoms with E-state index in [1.165, 1.54) is 24.8 Å². The summed E-state index contributed by atoms with van der Waals surface area (Å²) < 4.78 is 0. The van der Waals surface area contributed by atoms with Gasteiger partial charge >= 0.3 is 0 Å². The van der Waals surface area contributed by atoms with Gasteiger partial charge in [-0.2, -0.15) is 0 Å². The zero-order chi connectivity index (χ0) is 9.42. The molecule has 2 rings (SSSR count). The maximum atomic E-state index is 2.46. The first-order chi connectivity index (χ1) is 6.16. The zero-order valence-corrected chi connectivity index (χ0v) is 9.01. The van der Waals surface area contributed by atoms with E-state index >= 15 is 0 Å². The van der Waals surface area contributed by atoms with Crippen LogP contribution in [-0.2, 0) is 0 Å². The van der Waals surface area contributed by atoms with E-state index in [-0.39, 0.29) is 0 Å². The lowest BCUT2D eigenvalue weighted by Crippen LogP contribution is -2.07. The van der Waals surface area contributed by atoms with Gasteiger partial charge in [-0.25, -0.2) is 0 Å². The first kappa shape index (κ1) is 9.05. The SMILES string of the molecule is CC(C)=C(C)CC1CC2C=CC1C2. The van der Waals surface area contributed by atoms with Crippen LogP contribution in [0.5, 0.6) is 0 Å². The van der Waals surface area contributed by atoms with Gasteiger partial charge < -0.3 is 0 Å². The maximum Gasteiger partial charge on any atom is -0.0196 e. The molecular formula is C13H20. The Balaban J connectivity index is 1.98. The average Bonchev–Trinajstić information content (AvgIpc) is 2.64. The number of allylic oxidation sites excluding steroid dienone is 4. The Morgan fingerprint density at radius 2 is 1.92 bits per heavy atom. The molecule has 3 unspecified atom stereocenters. The minimum absolute atomic E-state index is 0.916. The highest BCUT2D eigenvalue weighted by Gasteiger charge is 2.35. The van der Waals surface area contributed by atoms with Crippen LogP contribution >= 0.6 is 0 Å². The van der Waals surface area contributed by atoms with Crippen molar-refractivity contribution in [3.05, 3.63) is 23.3 Å². The van der Waals surface area contributed by atoms with Crippen LogP contribution in [0.25, 0.3) is 0 Å². The zero-order valence-electron chi connectivity index (χ0n) is 9.01. The second-order valence-electron chi connectivity index (χ2n) is 5.02. The summed E-state index contributed by atoms with van der Waals surface area (Å²) in [6, 6.07) is 0. The third-order valence-electron chi connectivity index (χ3n) is 3.84. The van der Waals surface area contributed by atoms with E-state index in [4.69, 9.17) is 0 Å². The van der Waals surface area contributed by atoms with Crippen LogP contribution in [0.3, 0.4) is 0 Å². The number of hydrogen-bond donors (Lipinski definition) is 0. The molecule has 0 nitrogen and oxygen atoms in total. The smallest absolute Gasteiger partial charge is 0.0196 e. The largest absolute Gasteiger partial charge is 0.0851 e. The Kier molecular flexibility index (Phi) is 2.31. The Hall–Kier alpha value is -0.520. The van der Waals surface area contributed by atoms with Crippen LogP contribution in [0.15, 0.2) is 23.3 Å². The molecule has 0 aromatic rings. The number of hydrogen-bond acceptors (Lipinski definition) is 0. The van der Waals surface area contributed by atoms with Crippen LogP contribution < -0.4 is 0 Å². The molecule has 0 amide bonds. The molecule has 3 atom stereocenters. The normalized spacial score (nSPS) is 35.5. The molecule has 0 radical (unpaired) electrons. The Morgan fingerprint density at radius 1 is 1.15 bits per heavy atom. The van der Waals surface area contributed by atoms with Gasteiger partial charge in [0.25, 0.3) is 0 Å². The van der Waals surface area contributed by atoms with E-state index in [0.29, 0.717) is 0 Å². The van der Waals surface area contributed by atoms with Crippen LogP contribution in [0.2, 0.25) is 0 Å². The fraction of sp³-hybridized carbons (Fsp3) is 0.692. The van der Waals surface area contributed by atoms with E-state index < -0.39 is 0 Å². The lowest BCUT2D eigenvalue weighted by molar-refractivity contribution is 0.443. The summed E-state index contributed by atoms with van der Waals surface area (Å²) in [5, 5.41) is 0. The number of fused-ring (bicyclic) bond motifs is 2. The molecular weight excluding hydrogens is 156 g/mol. The lowest BCUT2D eigenvalue weighted by Gasteiger charge is -2.18. The van der Waals surface area contributed by atoms with Crippen molar-refractivity contribution in [3.63, 3.8) is 0 Å². The summed E-state index contributed by atoms with van der Waals surface area (Å²) in [6.07, 6.45) is 9.12. The summed E-state index contributed by atoms with van der Waals surface area (Å²) in [5.41, 5.74) is 3.14. The van der Waals surface area contributed by atoms with Gasteiger partial charge in [0, 0.05) is 0 Å². The standard InChI is InChI=1S/C13H20/c1-9(2)10(3)6-13-8-11-4-5-12(13)7-11/h4-5,11-13H,6-8H2,1-3H3. The van der Waals surface area contributed by atoms with Crippen molar-refractivity contribution >= 4 is 0 Å². The van der Waals surface area contributed by atoms with Gasteiger partial charge in [0.15, 0.2) is 0 Å². The van der Waals surface area contributed by atoms with E-state index in [9.17, 15) is 0 Å². The molecule has 0 spiro atoms. The van der Waals surface area contributed by atoms with Crippen molar-refractivity contribution in [2.75, 3.05) is 0 Å². The fourth-order valence-electron chi connectivity index (χ4n) is 2.73. The maximum absolute atomic E-state index is 2.46. The highest BCUT2D eigenvalue weighted by Crippen LogP contribution is 2.46. The van der Waals surface area contributed by atoms with Crippen LogP contribution in [-0.4, -0.2) is 0 Å². The predicted octanol–water partition coefficient (Wildman–Crippen LogP) is 3.95. The summed E-state index contributed by atoms with van der Waals surface area (Å²) in [4.78, 5) is 0. The van der Waals surface area contributed by atoms with Gasteiger partial charge in [0.05, 0.1) is 0 Å². The van der Waals surface area contributed by atoms with Gasteiger partial charge in [-0.05, 0) is 57.8 Å². The van der Waals surface area contributed by atoms with E-state index in [1.54, 1.807) is 5.57 Å². The van der Waals surface area contributed by atoms with Crippen LogP contribution in [0.1, 0.15) is 40.0 Å². The quantitative estimate of drug-likeness (QED) is 0.559. The third-order valence-corrected chi connectivity index (χ3v) is 3.84. The minimum Gasteiger partial charge on any atom is -0.0851 e. The molecule has 0 N–H and O–H groups in total. The molecule has 1 saturated carbocycles. The van der Waals surface area contributed by atoms with Crippen molar-refractivity contribution < 1.29 is 0 Å². The predicted molar refractivity (Wildman–Crippen MR) is 57.5 cm³/mol. The Bertz CT molecular complexity index is 253. The van der Waals surface area contributed by atoms with E-state index in [1.807, 2.05) is 0 Å². The summed E-state index contributed by atoms with van der Waals surface area (Å²) >= 11 is 0. The molecule has 0 heteroatoms. The summed E-state index contributed by atoms with van der Waals surface area (Å²) in [7, 11) is 0.